The van der Waals surface area contributed by atoms with Gasteiger partial charge >= 0.3 is 0 Å². The van der Waals surface area contributed by atoms with Crippen LogP contribution in [0.15, 0.2) is 24.3 Å². The first-order valence-corrected chi connectivity index (χ1v) is 12.6. The highest BCUT2D eigenvalue weighted by molar-refractivity contribution is 6.34. The van der Waals surface area contributed by atoms with Gasteiger partial charge in [0, 0.05) is 11.4 Å². The third-order valence-electron chi connectivity index (χ3n) is 6.81. The average Bonchev–Trinajstić information content (AvgIpc) is 2.78. The van der Waals surface area contributed by atoms with Crippen molar-refractivity contribution in [2.45, 2.75) is 91.4 Å². The van der Waals surface area contributed by atoms with Crippen LogP contribution in [0.25, 0.3) is 0 Å². The van der Waals surface area contributed by atoms with E-state index in [4.69, 9.17) is 11.6 Å². The molecule has 0 N–H and O–H groups in total. The van der Waals surface area contributed by atoms with Crippen LogP contribution in [0.1, 0.15) is 90.5 Å². The summed E-state index contributed by atoms with van der Waals surface area (Å²) in [6.45, 7) is 6.07. The number of unbranched alkanes of at least 4 members (excludes halogenated alkanes) is 3. The molecule has 0 amide bonds. The number of carbonyl (C=O) groups excluding carboxylic acids is 4. The summed E-state index contributed by atoms with van der Waals surface area (Å²) in [6.07, 6.45) is 6.65. The van der Waals surface area contributed by atoms with Crippen LogP contribution >= 0.6 is 11.6 Å². The molecule has 2 atom stereocenters. The maximum atomic E-state index is 13.7. The zero-order valence-electron chi connectivity index (χ0n) is 19.8. The summed E-state index contributed by atoms with van der Waals surface area (Å²) in [4.78, 5) is 53.9. The Bertz CT molecular complexity index is 803. The van der Waals surface area contributed by atoms with Gasteiger partial charge in [0.25, 0.3) is 0 Å². The lowest BCUT2D eigenvalue weighted by Gasteiger charge is -2.41. The van der Waals surface area contributed by atoms with Crippen molar-refractivity contribution in [3.63, 3.8) is 0 Å². The second kappa shape index (κ2) is 12.4. The number of aryl methyl sites for hydroxylation is 1. The van der Waals surface area contributed by atoms with E-state index in [1.54, 1.807) is 12.1 Å². The van der Waals surface area contributed by atoms with Crippen molar-refractivity contribution in [2.24, 2.45) is 17.3 Å². The summed E-state index contributed by atoms with van der Waals surface area (Å²) in [5.74, 6) is -3.58. The molecule has 32 heavy (non-hydrogen) atoms. The van der Waals surface area contributed by atoms with E-state index in [0.29, 0.717) is 30.7 Å². The summed E-state index contributed by atoms with van der Waals surface area (Å²) >= 11 is 5.93. The molecule has 1 aliphatic carbocycles. The lowest BCUT2D eigenvalue weighted by atomic mass is 9.57. The summed E-state index contributed by atoms with van der Waals surface area (Å²) in [7, 11) is 0. The highest BCUT2D eigenvalue weighted by atomic mass is 35.5. The number of rotatable bonds is 13. The molecular weight excluding hydrogens is 424 g/mol. The fourth-order valence-corrected chi connectivity index (χ4v) is 4.94. The molecule has 4 nitrogen and oxygen atoms in total. The van der Waals surface area contributed by atoms with Crippen LogP contribution in [0.5, 0.6) is 0 Å². The molecule has 0 spiro atoms. The van der Waals surface area contributed by atoms with Gasteiger partial charge in [0.05, 0.1) is 11.3 Å². The molecular formula is C27H37ClO4. The first-order valence-electron chi connectivity index (χ1n) is 12.2. The molecule has 5 heteroatoms. The minimum absolute atomic E-state index is 0.107. The molecule has 176 valence electrons. The summed E-state index contributed by atoms with van der Waals surface area (Å²) in [5, 5.41) is 0.617. The molecule has 1 aromatic carbocycles. The molecule has 2 rings (SSSR count). The number of ketones is 4. The van der Waals surface area contributed by atoms with Gasteiger partial charge in [0.1, 0.15) is 5.92 Å². The van der Waals surface area contributed by atoms with Gasteiger partial charge in [-0.15, -0.1) is 0 Å². The highest BCUT2D eigenvalue weighted by Crippen LogP contribution is 2.44. The van der Waals surface area contributed by atoms with E-state index >= 15 is 0 Å². The van der Waals surface area contributed by atoms with E-state index in [9.17, 15) is 19.2 Å². The van der Waals surface area contributed by atoms with Gasteiger partial charge in [-0.05, 0) is 43.4 Å². The van der Waals surface area contributed by atoms with Crippen LogP contribution < -0.4 is 0 Å². The van der Waals surface area contributed by atoms with Crippen molar-refractivity contribution in [1.29, 1.82) is 0 Å². The number of Topliss-reactive ketones (excluding diaryl/α,β-unsaturated/α-hetero) is 4. The molecule has 2 unspecified atom stereocenters. The summed E-state index contributed by atoms with van der Waals surface area (Å²) in [6, 6.07) is 7.22. The van der Waals surface area contributed by atoms with Crippen molar-refractivity contribution in [2.75, 3.05) is 0 Å². The Labute approximate surface area is 197 Å². The Balaban J connectivity index is 2.35. The molecule has 0 aliphatic heterocycles. The Morgan fingerprint density at radius 1 is 0.875 bits per heavy atom. The van der Waals surface area contributed by atoms with Crippen LogP contribution in [0, 0.1) is 17.3 Å². The predicted molar refractivity (Wildman–Crippen MR) is 128 cm³/mol. The van der Waals surface area contributed by atoms with E-state index in [1.165, 1.54) is 0 Å². The van der Waals surface area contributed by atoms with E-state index in [-0.39, 0.29) is 18.0 Å². The van der Waals surface area contributed by atoms with E-state index < -0.39 is 28.8 Å². The third-order valence-corrected chi connectivity index (χ3v) is 7.06. The van der Waals surface area contributed by atoms with Crippen LogP contribution in [-0.4, -0.2) is 23.1 Å². The molecule has 0 heterocycles. The maximum absolute atomic E-state index is 13.7. The maximum Gasteiger partial charge on any atom is 0.164 e. The normalized spacial score (nSPS) is 20.6. The van der Waals surface area contributed by atoms with Gasteiger partial charge < -0.3 is 0 Å². The fourth-order valence-electron chi connectivity index (χ4n) is 4.82. The molecule has 1 aromatic rings. The van der Waals surface area contributed by atoms with Gasteiger partial charge in [-0.2, -0.15) is 0 Å². The topological polar surface area (TPSA) is 68.3 Å². The van der Waals surface area contributed by atoms with Gasteiger partial charge in [-0.3, -0.25) is 19.2 Å². The smallest absolute Gasteiger partial charge is 0.164 e. The third kappa shape index (κ3) is 5.95. The lowest BCUT2D eigenvalue weighted by molar-refractivity contribution is -0.160. The first-order chi connectivity index (χ1) is 15.3. The minimum Gasteiger partial charge on any atom is -0.298 e. The number of benzene rings is 1. The number of hydrogen-bond acceptors (Lipinski definition) is 4. The second-order valence-corrected chi connectivity index (χ2v) is 9.58. The predicted octanol–water partition coefficient (Wildman–Crippen LogP) is 6.35. The largest absolute Gasteiger partial charge is 0.298 e. The number of hydrogen-bond donors (Lipinski definition) is 0. The Kier molecular flexibility index (Phi) is 10.3. The van der Waals surface area contributed by atoms with Gasteiger partial charge in [-0.1, -0.05) is 83.0 Å². The highest BCUT2D eigenvalue weighted by Gasteiger charge is 2.58. The molecule has 1 aliphatic rings. The molecule has 1 saturated carbocycles. The molecule has 0 bridgehead atoms. The minimum atomic E-state index is -1.30. The second-order valence-electron chi connectivity index (χ2n) is 9.14. The van der Waals surface area contributed by atoms with E-state index in [2.05, 4.69) is 0 Å². The Morgan fingerprint density at radius 2 is 1.44 bits per heavy atom. The van der Waals surface area contributed by atoms with Crippen molar-refractivity contribution in [3.8, 4) is 0 Å². The Hall–Kier alpha value is -1.81. The molecule has 0 saturated heterocycles. The summed E-state index contributed by atoms with van der Waals surface area (Å²) in [5.41, 5.74) is -0.251. The quantitative estimate of drug-likeness (QED) is 0.321. The van der Waals surface area contributed by atoms with Crippen LogP contribution in [-0.2, 0) is 25.6 Å². The molecule has 1 fully saturated rings. The summed E-state index contributed by atoms with van der Waals surface area (Å²) < 4.78 is 0. The number of carbonyl (C=O) groups is 4. The van der Waals surface area contributed by atoms with E-state index in [0.717, 1.165) is 44.1 Å². The van der Waals surface area contributed by atoms with Gasteiger partial charge in [-0.25, -0.2) is 0 Å². The van der Waals surface area contributed by atoms with Gasteiger partial charge in [0.15, 0.2) is 23.1 Å². The van der Waals surface area contributed by atoms with Crippen molar-refractivity contribution in [1.82, 2.24) is 0 Å². The van der Waals surface area contributed by atoms with Crippen LogP contribution in [0.2, 0.25) is 5.02 Å². The lowest BCUT2D eigenvalue weighted by Crippen LogP contribution is -2.57. The average molecular weight is 461 g/mol. The standard InChI is InChI=1S/C27H37ClO4/c1-4-7-10-21-24(30)23(22(29)16-13-19-11-14-20(28)15-12-19)26(32)27(25(21)31,17-8-5-2)18-9-6-3/h11-12,14-15,21,23H,4-10,13,16-18H2,1-3H3. The van der Waals surface area contributed by atoms with Gasteiger partial charge in [0.2, 0.25) is 0 Å². The van der Waals surface area contributed by atoms with E-state index in [1.807, 2.05) is 32.9 Å². The fraction of sp³-hybridized carbons (Fsp3) is 0.630. The number of halogens is 1. The molecule has 0 radical (unpaired) electrons. The SMILES string of the molecule is CCCCC1C(=O)C(C(=O)CCc2ccc(Cl)cc2)C(=O)C(CCCC)(CCCC)C1=O. The molecule has 0 aromatic heterocycles. The van der Waals surface area contributed by atoms with Crippen molar-refractivity contribution < 1.29 is 19.2 Å². The Morgan fingerprint density at radius 3 is 1.97 bits per heavy atom. The first kappa shape index (κ1) is 26.4. The van der Waals surface area contributed by atoms with Crippen molar-refractivity contribution >= 4 is 34.7 Å². The van der Waals surface area contributed by atoms with Crippen LogP contribution in [0.4, 0.5) is 0 Å². The van der Waals surface area contributed by atoms with Crippen molar-refractivity contribution in [3.05, 3.63) is 34.9 Å². The van der Waals surface area contributed by atoms with Crippen LogP contribution in [0.3, 0.4) is 0 Å². The zero-order chi connectivity index (χ0) is 23.7. The zero-order valence-corrected chi connectivity index (χ0v) is 20.5. The monoisotopic (exact) mass is 460 g/mol.